The minimum atomic E-state index is -5.29. The molecule has 0 aromatic rings. The van der Waals surface area contributed by atoms with E-state index >= 15 is 0 Å². The van der Waals surface area contributed by atoms with E-state index in [1.54, 1.807) is 0 Å². The van der Waals surface area contributed by atoms with E-state index in [9.17, 15) is 45.9 Å². The van der Waals surface area contributed by atoms with Crippen molar-refractivity contribution in [3.8, 4) is 0 Å². The third-order valence-electron chi connectivity index (χ3n) is 30.5. The molecule has 0 radical (unpaired) electrons. The first-order valence-electron chi connectivity index (χ1n) is 40.1. The molecule has 580 valence electrons. The van der Waals surface area contributed by atoms with Crippen LogP contribution in [0.1, 0.15) is 204 Å². The first kappa shape index (κ1) is 72.9. The van der Waals surface area contributed by atoms with Crippen LogP contribution in [0.15, 0.2) is 0 Å². The lowest BCUT2D eigenvalue weighted by Gasteiger charge is -2.68. The standard InChI is InChI=1S/C69H106O27Si9/c1-12-34(2)97(10,11)84-105-94-102(67-31-46-17-53(67)24-60(46)81-39(7)74)88-99(64-28-43-14-50(64)21-57(43)78-36(4)71)85-98(63-27-42-13-49(63)20-56(42)77-35(3)70)86-100(90-102,65-29-44-15-51(65)22-58(44)79-37(5)72)92-104(96-105,69-33-48-19-55(69)26-62(48)83-41(9)76)93-101(87-98,66-30-45-16-52(66)23-59(45)80-38(6)73)91-103(89-99,95-105)68-32-47-18-54(68)25-61(47)82-40(8)75/h34,42-69H,12-33H2,1-11H3. The molecule has 6 heterocycles. The molecule has 14 aliphatic carbocycles. The summed E-state index contributed by atoms with van der Waals surface area (Å²) in [5.74, 6) is -4.82. The van der Waals surface area contributed by atoms with Crippen LogP contribution in [0.25, 0.3) is 0 Å². The van der Waals surface area contributed by atoms with Crippen LogP contribution in [0.5, 0.6) is 0 Å². The molecular formula is C69H106O27Si9. The van der Waals surface area contributed by atoms with Gasteiger partial charge in [-0.25, -0.2) is 0 Å². The topological polar surface area (TPSA) is 304 Å². The lowest BCUT2D eigenvalue weighted by molar-refractivity contribution is -0.149. The molecule has 27 nitrogen and oxygen atoms in total. The van der Waals surface area contributed by atoms with Crippen molar-refractivity contribution in [2.24, 2.45) is 82.9 Å². The van der Waals surface area contributed by atoms with E-state index in [1.807, 2.05) is 0 Å². The van der Waals surface area contributed by atoms with E-state index in [0.717, 1.165) is 6.42 Å². The van der Waals surface area contributed by atoms with Gasteiger partial charge in [-0.3, -0.25) is 33.6 Å². The molecule has 20 fully saturated rings. The van der Waals surface area contributed by atoms with E-state index in [2.05, 4.69) is 26.9 Å². The van der Waals surface area contributed by atoms with Gasteiger partial charge in [0.05, 0.1) is 0 Å². The lowest BCUT2D eigenvalue weighted by atomic mass is 9.97. The average molecular weight is 1620 g/mol. The van der Waals surface area contributed by atoms with Crippen molar-refractivity contribution in [1.29, 1.82) is 0 Å². The van der Waals surface area contributed by atoms with Gasteiger partial charge in [0.25, 0.3) is 0 Å². The van der Waals surface area contributed by atoms with Crippen molar-refractivity contribution in [2.45, 2.75) is 304 Å². The average Bonchev–Trinajstić information content (AvgIpc) is 1.65. The minimum absolute atomic E-state index is 0.0248. The van der Waals surface area contributed by atoms with Gasteiger partial charge in [0.15, 0.2) is 8.32 Å². The molecule has 0 amide bonds. The summed E-state index contributed by atoms with van der Waals surface area (Å²) in [6.07, 6.45) is 9.47. The zero-order chi connectivity index (χ0) is 73.0. The SMILES string of the molecule is CCC(C)[Si](C)(C)O[Si]12O[Si]3(C4CC5CC4CC5OC(C)=O)O[Si]4(C5CC6CC5CC6OC(C)=O)O[Si](C5CC6CC5CC6OC(C)=O)(O1)O[Si]1(C5CC6CC5CC6OC(C)=O)O[Si](C5CC6CC5CC6OC(C)=O)(O2)O[Si](C2CC5CC2CC5OC(C)=O)(O3)O[Si](C2CC3CC2CC3OC(C)=O)(O4)O1. The van der Waals surface area contributed by atoms with Crippen LogP contribution in [0.4, 0.5) is 0 Å². The molecule has 6 saturated heterocycles. The molecule has 36 heteroatoms. The van der Waals surface area contributed by atoms with Gasteiger partial charge in [0.1, 0.15) is 42.7 Å². The molecule has 20 aliphatic rings. The zero-order valence-corrected chi connectivity index (χ0v) is 71.3. The van der Waals surface area contributed by atoms with Crippen molar-refractivity contribution < 1.29 is 120 Å². The zero-order valence-electron chi connectivity index (χ0n) is 62.3. The van der Waals surface area contributed by atoms with E-state index in [-0.39, 0.29) is 173 Å². The summed E-state index contributed by atoms with van der Waals surface area (Å²) in [5, 5.41) is 0. The van der Waals surface area contributed by atoms with Crippen molar-refractivity contribution in [3.63, 3.8) is 0 Å². The largest absolute Gasteiger partial charge is 0.646 e. The Morgan fingerprint density at radius 1 is 0.276 bits per heavy atom. The fraction of sp³-hybridized carbons (Fsp3) is 0.899. The summed E-state index contributed by atoms with van der Waals surface area (Å²) >= 11 is 0. The Morgan fingerprint density at radius 3 is 0.571 bits per heavy atom. The number of fused-ring (bicyclic) bond motifs is 14. The first-order valence-corrected chi connectivity index (χ1v) is 57.4. The van der Waals surface area contributed by atoms with Gasteiger partial charge in [0, 0.05) is 87.3 Å². The van der Waals surface area contributed by atoms with Crippen LogP contribution in [-0.4, -0.2) is 164 Å². The van der Waals surface area contributed by atoms with E-state index in [1.165, 1.54) is 48.5 Å². The highest BCUT2D eigenvalue weighted by Crippen LogP contribution is 2.75. The summed E-state index contributed by atoms with van der Waals surface area (Å²) in [6, 6.07) is 0. The Labute approximate surface area is 623 Å². The van der Waals surface area contributed by atoms with Crippen LogP contribution in [0.3, 0.4) is 0 Å². The molecule has 0 spiro atoms. The summed E-state index contributed by atoms with van der Waals surface area (Å²) in [4.78, 5) is 92.4. The Kier molecular flexibility index (Phi) is 17.6. The molecule has 105 heavy (non-hydrogen) atoms. The summed E-state index contributed by atoms with van der Waals surface area (Å²) in [6.45, 7) is 19.0. The number of carbonyl (C=O) groups excluding carboxylic acids is 7. The highest BCUT2D eigenvalue weighted by Gasteiger charge is 2.93. The molecule has 20 rings (SSSR count). The Balaban J connectivity index is 0.905. The third-order valence-corrected chi connectivity index (χ3v) is 74.6. The van der Waals surface area contributed by atoms with Gasteiger partial charge in [-0.15, -0.1) is 0 Å². The molecule has 29 unspecified atom stereocenters. The predicted molar refractivity (Wildman–Crippen MR) is 378 cm³/mol. The molecule has 0 aromatic heterocycles. The Hall–Kier alpha value is -2.28. The fourth-order valence-electron chi connectivity index (χ4n) is 26.5. The van der Waals surface area contributed by atoms with Gasteiger partial charge in [0.2, 0.25) is 0 Å². The Morgan fingerprint density at radius 2 is 0.438 bits per heavy atom. The van der Waals surface area contributed by atoms with Crippen LogP contribution in [0.2, 0.25) is 57.4 Å². The number of esters is 7. The highest BCUT2D eigenvalue weighted by molar-refractivity contribution is 7.05. The predicted octanol–water partition coefficient (Wildman–Crippen LogP) is 10.4. The van der Waals surface area contributed by atoms with Crippen molar-refractivity contribution in [3.05, 3.63) is 0 Å². The third kappa shape index (κ3) is 11.7. The van der Waals surface area contributed by atoms with E-state index in [4.69, 9.17) is 74.3 Å². The lowest BCUT2D eigenvalue weighted by Crippen LogP contribution is -2.92. The summed E-state index contributed by atoms with van der Waals surface area (Å²) < 4.78 is 162. The van der Waals surface area contributed by atoms with E-state index in [0.29, 0.717) is 135 Å². The second kappa shape index (κ2) is 25.4. The van der Waals surface area contributed by atoms with Gasteiger partial charge < -0.3 is 86.7 Å². The van der Waals surface area contributed by atoms with Crippen LogP contribution >= 0.6 is 0 Å². The second-order valence-corrected chi connectivity index (χ2v) is 66.3. The summed E-state index contributed by atoms with van der Waals surface area (Å²) in [7, 11) is -43.4. The molecule has 0 N–H and O–H groups in total. The molecule has 14 saturated carbocycles. The second-order valence-electron chi connectivity index (χ2n) is 36.8. The van der Waals surface area contributed by atoms with E-state index < -0.39 is 118 Å². The fourth-order valence-corrected chi connectivity index (χ4v) is 86.7. The number of rotatable bonds is 18. The van der Waals surface area contributed by atoms with Crippen molar-refractivity contribution >= 4 is 121 Å². The van der Waals surface area contributed by atoms with Crippen molar-refractivity contribution in [2.75, 3.05) is 0 Å². The minimum Gasteiger partial charge on any atom is -0.462 e. The molecular weight excluding hydrogens is 1510 g/mol. The number of hydrogen-bond donors (Lipinski definition) is 0. The van der Waals surface area contributed by atoms with Gasteiger partial charge in [-0.2, -0.15) is 0 Å². The normalized spacial score (nSPS) is 54.4. The highest BCUT2D eigenvalue weighted by atomic mass is 28.6. The van der Waals surface area contributed by atoms with Gasteiger partial charge in [-0.05, 0) is 236 Å². The van der Waals surface area contributed by atoms with Crippen LogP contribution in [-0.2, 0) is 120 Å². The van der Waals surface area contributed by atoms with Crippen LogP contribution in [0, 0.1) is 82.9 Å². The maximum absolute atomic E-state index is 13.2. The monoisotopic (exact) mass is 1620 g/mol. The number of hydrogen-bond acceptors (Lipinski definition) is 27. The van der Waals surface area contributed by atoms with Gasteiger partial charge >= 0.3 is 112 Å². The molecule has 22 bridgehead atoms. The number of carbonyl (C=O) groups is 7. The maximum atomic E-state index is 13.2. The smallest absolute Gasteiger partial charge is 0.462 e. The maximum Gasteiger partial charge on any atom is 0.646 e. The quantitative estimate of drug-likeness (QED) is 0.0699. The van der Waals surface area contributed by atoms with Crippen molar-refractivity contribution in [1.82, 2.24) is 0 Å². The summed E-state index contributed by atoms with van der Waals surface area (Å²) in [5.41, 5.74) is -3.76. The van der Waals surface area contributed by atoms with Crippen LogP contribution < -0.4 is 0 Å². The molecule has 6 aliphatic heterocycles. The first-order chi connectivity index (χ1) is 49.8. The number of ether oxygens (including phenoxy) is 7. The molecule has 29 atom stereocenters. The Bertz CT molecular complexity index is 3280. The van der Waals surface area contributed by atoms with Gasteiger partial charge in [-0.1, -0.05) is 20.3 Å². The molecule has 0 aromatic carbocycles.